The number of nitrogens with zero attached hydrogens (tertiary/aromatic N) is 3. The van der Waals surface area contributed by atoms with Crippen molar-refractivity contribution in [2.45, 2.75) is 32.4 Å². The Morgan fingerprint density at radius 2 is 2.05 bits per heavy atom. The average Bonchev–Trinajstić information content (AvgIpc) is 2.79. The molecule has 0 spiro atoms. The number of hydrogen-bond donors (Lipinski definition) is 1. The minimum Gasteiger partial charge on any atom is -0.367 e. The maximum absolute atomic E-state index is 13.2. The smallest absolute Gasteiger partial charge is 0.124 e. The summed E-state index contributed by atoms with van der Waals surface area (Å²) in [6, 6.07) is 9.46. The van der Waals surface area contributed by atoms with Gasteiger partial charge < -0.3 is 5.32 Å². The van der Waals surface area contributed by atoms with Crippen LogP contribution < -0.4 is 5.32 Å². The Morgan fingerprint density at radius 1 is 1.27 bits per heavy atom. The molecule has 0 saturated carbocycles. The van der Waals surface area contributed by atoms with Crippen molar-refractivity contribution in [1.29, 1.82) is 0 Å². The lowest BCUT2D eigenvalue weighted by Gasteiger charge is -2.32. The molecule has 118 valence electrons. The summed E-state index contributed by atoms with van der Waals surface area (Å²) in [5, 5.41) is 7.94. The van der Waals surface area contributed by atoms with Crippen LogP contribution in [-0.4, -0.2) is 33.8 Å². The molecule has 0 atom stereocenters. The van der Waals surface area contributed by atoms with Crippen LogP contribution in [-0.2, 0) is 13.6 Å². The molecular formula is C17H23FN4. The Hall–Kier alpha value is -1.88. The quantitative estimate of drug-likeness (QED) is 0.942. The number of likely N-dealkylation sites (tertiary alicyclic amines) is 1. The monoisotopic (exact) mass is 302 g/mol. The number of hydrogen-bond acceptors (Lipinski definition) is 3. The molecule has 2 aromatic rings. The fraction of sp³-hybridized carbons (Fsp3) is 0.471. The molecule has 1 aliphatic heterocycles. The van der Waals surface area contributed by atoms with E-state index >= 15 is 0 Å². The van der Waals surface area contributed by atoms with E-state index in [0.29, 0.717) is 6.04 Å². The highest BCUT2D eigenvalue weighted by atomic mass is 19.1. The molecule has 1 N–H and O–H groups in total. The van der Waals surface area contributed by atoms with Crippen molar-refractivity contribution in [2.24, 2.45) is 7.05 Å². The Bertz CT molecular complexity index is 629. The van der Waals surface area contributed by atoms with Crippen LogP contribution in [0, 0.1) is 12.7 Å². The standard InChI is InChI=1S/C17H23FN4/c1-13-10-17(21(2)20-13)19-16-6-8-22(9-7-16)12-14-4-3-5-15(18)11-14/h3-5,10-11,16,19H,6-9,12H2,1-2H3. The lowest BCUT2D eigenvalue weighted by molar-refractivity contribution is 0.211. The molecule has 4 nitrogen and oxygen atoms in total. The molecule has 0 bridgehead atoms. The van der Waals surface area contributed by atoms with Crippen molar-refractivity contribution >= 4 is 5.82 Å². The molecule has 0 radical (unpaired) electrons. The molecule has 0 aliphatic carbocycles. The van der Waals surface area contributed by atoms with Gasteiger partial charge >= 0.3 is 0 Å². The summed E-state index contributed by atoms with van der Waals surface area (Å²) in [6.45, 7) is 4.90. The maximum atomic E-state index is 13.2. The lowest BCUT2D eigenvalue weighted by atomic mass is 10.0. The third-order valence-corrected chi connectivity index (χ3v) is 4.24. The lowest BCUT2D eigenvalue weighted by Crippen LogP contribution is -2.39. The van der Waals surface area contributed by atoms with Crippen LogP contribution in [0.3, 0.4) is 0 Å². The molecule has 22 heavy (non-hydrogen) atoms. The fourth-order valence-corrected chi connectivity index (χ4v) is 3.08. The van der Waals surface area contributed by atoms with Gasteiger partial charge in [-0.05, 0) is 37.5 Å². The number of halogens is 1. The summed E-state index contributed by atoms with van der Waals surface area (Å²) in [6.07, 6.45) is 2.19. The fourth-order valence-electron chi connectivity index (χ4n) is 3.08. The van der Waals surface area contributed by atoms with Gasteiger partial charge in [0.1, 0.15) is 11.6 Å². The Morgan fingerprint density at radius 3 is 2.68 bits per heavy atom. The van der Waals surface area contributed by atoms with E-state index in [0.717, 1.165) is 49.6 Å². The zero-order chi connectivity index (χ0) is 15.5. The summed E-state index contributed by atoms with van der Waals surface area (Å²) in [5.74, 6) is 0.932. The van der Waals surface area contributed by atoms with Gasteiger partial charge in [0.05, 0.1) is 5.69 Å². The van der Waals surface area contributed by atoms with Crippen LogP contribution in [0.1, 0.15) is 24.1 Å². The van der Waals surface area contributed by atoms with E-state index in [2.05, 4.69) is 21.4 Å². The average molecular weight is 302 g/mol. The Kier molecular flexibility index (Phi) is 4.43. The summed E-state index contributed by atoms with van der Waals surface area (Å²) in [7, 11) is 1.97. The van der Waals surface area contributed by atoms with E-state index in [1.54, 1.807) is 12.1 Å². The van der Waals surface area contributed by atoms with Crippen molar-refractivity contribution in [3.8, 4) is 0 Å². The van der Waals surface area contributed by atoms with Crippen LogP contribution in [0.4, 0.5) is 10.2 Å². The second-order valence-corrected chi connectivity index (χ2v) is 6.12. The molecule has 1 aliphatic rings. The molecular weight excluding hydrogens is 279 g/mol. The first kappa shape index (κ1) is 15.0. The zero-order valence-electron chi connectivity index (χ0n) is 13.2. The summed E-state index contributed by atoms with van der Waals surface area (Å²) in [4.78, 5) is 2.39. The van der Waals surface area contributed by atoms with Gasteiger partial charge in [0.15, 0.2) is 0 Å². The van der Waals surface area contributed by atoms with Gasteiger partial charge in [-0.25, -0.2) is 4.39 Å². The summed E-state index contributed by atoms with van der Waals surface area (Å²) >= 11 is 0. The van der Waals surface area contributed by atoms with Crippen LogP contribution >= 0.6 is 0 Å². The van der Waals surface area contributed by atoms with Gasteiger partial charge in [-0.2, -0.15) is 5.10 Å². The molecule has 1 saturated heterocycles. The topological polar surface area (TPSA) is 33.1 Å². The molecule has 5 heteroatoms. The molecule has 3 rings (SSSR count). The normalized spacial score (nSPS) is 16.9. The Labute approximate surface area is 130 Å². The second-order valence-electron chi connectivity index (χ2n) is 6.12. The summed E-state index contributed by atoms with van der Waals surface area (Å²) < 4.78 is 15.1. The van der Waals surface area contributed by atoms with Crippen molar-refractivity contribution in [3.63, 3.8) is 0 Å². The number of aromatic nitrogens is 2. The van der Waals surface area contributed by atoms with Crippen LogP contribution in [0.15, 0.2) is 30.3 Å². The highest BCUT2D eigenvalue weighted by Gasteiger charge is 2.20. The van der Waals surface area contributed by atoms with Gasteiger partial charge in [-0.15, -0.1) is 0 Å². The van der Waals surface area contributed by atoms with Crippen molar-refractivity contribution in [2.75, 3.05) is 18.4 Å². The number of nitrogens with one attached hydrogen (secondary N) is 1. The predicted molar refractivity (Wildman–Crippen MR) is 86.3 cm³/mol. The second kappa shape index (κ2) is 6.48. The van der Waals surface area contributed by atoms with Crippen LogP contribution in [0.5, 0.6) is 0 Å². The summed E-state index contributed by atoms with van der Waals surface area (Å²) in [5.41, 5.74) is 2.09. The third kappa shape index (κ3) is 3.65. The predicted octanol–water partition coefficient (Wildman–Crippen LogP) is 2.94. The number of aryl methyl sites for hydroxylation is 2. The van der Waals surface area contributed by atoms with E-state index in [9.17, 15) is 4.39 Å². The van der Waals surface area contributed by atoms with E-state index in [4.69, 9.17) is 0 Å². The van der Waals surface area contributed by atoms with Crippen molar-refractivity contribution < 1.29 is 4.39 Å². The van der Waals surface area contributed by atoms with Gasteiger partial charge in [0.2, 0.25) is 0 Å². The number of rotatable bonds is 4. The minimum absolute atomic E-state index is 0.152. The van der Waals surface area contributed by atoms with Gasteiger partial charge in [-0.3, -0.25) is 9.58 Å². The molecule has 1 aromatic heterocycles. The van der Waals surface area contributed by atoms with Crippen LogP contribution in [0.2, 0.25) is 0 Å². The van der Waals surface area contributed by atoms with Crippen LogP contribution in [0.25, 0.3) is 0 Å². The maximum Gasteiger partial charge on any atom is 0.124 e. The highest BCUT2D eigenvalue weighted by molar-refractivity contribution is 5.37. The van der Waals surface area contributed by atoms with Crippen molar-refractivity contribution in [3.05, 3.63) is 47.4 Å². The minimum atomic E-state index is -0.152. The van der Waals surface area contributed by atoms with Gasteiger partial charge in [0.25, 0.3) is 0 Å². The van der Waals surface area contributed by atoms with E-state index < -0.39 is 0 Å². The molecule has 0 amide bonds. The largest absolute Gasteiger partial charge is 0.367 e. The van der Waals surface area contributed by atoms with E-state index in [1.807, 2.05) is 24.7 Å². The SMILES string of the molecule is Cc1cc(NC2CCN(Cc3cccc(F)c3)CC2)n(C)n1. The van der Waals surface area contributed by atoms with Gasteiger partial charge in [-0.1, -0.05) is 12.1 Å². The first-order valence-electron chi connectivity index (χ1n) is 7.84. The molecule has 2 heterocycles. The van der Waals surface area contributed by atoms with Crippen molar-refractivity contribution in [1.82, 2.24) is 14.7 Å². The third-order valence-electron chi connectivity index (χ3n) is 4.24. The van der Waals surface area contributed by atoms with Gasteiger partial charge in [0, 0.05) is 38.8 Å². The van der Waals surface area contributed by atoms with E-state index in [-0.39, 0.29) is 5.82 Å². The first-order valence-corrected chi connectivity index (χ1v) is 7.84. The van der Waals surface area contributed by atoms with E-state index in [1.165, 1.54) is 6.07 Å². The zero-order valence-corrected chi connectivity index (χ0v) is 13.2. The first-order chi connectivity index (χ1) is 10.6. The molecule has 1 fully saturated rings. The number of benzene rings is 1. The molecule has 0 unspecified atom stereocenters. The number of piperidine rings is 1. The highest BCUT2D eigenvalue weighted by Crippen LogP contribution is 2.18. The molecule has 1 aromatic carbocycles. The Balaban J connectivity index is 1.51. The number of anilines is 1.